The maximum absolute atomic E-state index is 14.4. The molecule has 1 saturated carbocycles. The van der Waals surface area contributed by atoms with Gasteiger partial charge in [0.25, 0.3) is 11.7 Å². The molecule has 3 heterocycles. The molecule has 16 heteroatoms. The predicted octanol–water partition coefficient (Wildman–Crippen LogP) is 4.45. The lowest BCUT2D eigenvalue weighted by molar-refractivity contribution is -0.265. The van der Waals surface area contributed by atoms with Gasteiger partial charge in [0.1, 0.15) is 24.4 Å². The average molecular weight is 956 g/mol. The van der Waals surface area contributed by atoms with Crippen molar-refractivity contribution in [2.24, 2.45) is 40.5 Å². The van der Waals surface area contributed by atoms with Crippen LogP contribution in [0.25, 0.3) is 0 Å². The zero-order chi connectivity index (χ0) is 50.3. The van der Waals surface area contributed by atoms with Crippen molar-refractivity contribution in [3.8, 4) is 12.3 Å². The van der Waals surface area contributed by atoms with Crippen molar-refractivity contribution >= 4 is 23.4 Å². The van der Waals surface area contributed by atoms with Crippen LogP contribution < -0.4 is 5.73 Å². The minimum absolute atomic E-state index is 0.00486. The molecule has 0 radical (unpaired) electrons. The summed E-state index contributed by atoms with van der Waals surface area (Å²) in [5.74, 6) is -4.80. The number of hydrogen-bond acceptors (Lipinski definition) is 15. The van der Waals surface area contributed by atoms with Crippen LogP contribution in [0.15, 0.2) is 52.8 Å². The van der Waals surface area contributed by atoms with E-state index >= 15 is 0 Å². The molecule has 0 aromatic carbocycles. The number of oxime groups is 1. The molecule has 1 aliphatic carbocycles. The number of hydrogen-bond donors (Lipinski definition) is 6. The molecule has 68 heavy (non-hydrogen) atoms. The third kappa shape index (κ3) is 15.4. The lowest BCUT2D eigenvalue weighted by Crippen LogP contribution is -2.61. The van der Waals surface area contributed by atoms with Crippen LogP contribution in [-0.2, 0) is 38.2 Å². The van der Waals surface area contributed by atoms with Crippen molar-refractivity contribution in [2.45, 2.75) is 185 Å². The number of carbonyl (C=O) groups is 3. The van der Waals surface area contributed by atoms with E-state index in [-0.39, 0.29) is 49.5 Å². The van der Waals surface area contributed by atoms with Gasteiger partial charge in [0.05, 0.1) is 36.2 Å². The summed E-state index contributed by atoms with van der Waals surface area (Å²) in [4.78, 5) is 49.3. The van der Waals surface area contributed by atoms with Crippen molar-refractivity contribution in [1.29, 1.82) is 0 Å². The molecule has 4 rings (SSSR count). The third-order valence-electron chi connectivity index (χ3n) is 14.5. The Morgan fingerprint density at radius 2 is 1.63 bits per heavy atom. The topological polar surface area (TPSA) is 240 Å². The smallest absolute Gasteiger partial charge is 0.329 e. The fourth-order valence-electron chi connectivity index (χ4n) is 10.1. The second-order valence-electron chi connectivity index (χ2n) is 19.9. The first-order valence-electron chi connectivity index (χ1n) is 24.6. The summed E-state index contributed by atoms with van der Waals surface area (Å²) in [6.45, 7) is 10.7. The van der Waals surface area contributed by atoms with Gasteiger partial charge in [-0.3, -0.25) is 9.59 Å². The van der Waals surface area contributed by atoms with Gasteiger partial charge in [0.2, 0.25) is 5.79 Å². The standard InChI is InChI=1S/C52H81N3O13/c1-10-24-66-54-46-34(5)25-31(2)16-12-11-13-17-32(3)43(64-8)29-38-21-19-36(7)52(63,68-38)49(60)50(61)55-23-15-14-18-40(55)51(62)67-44(30-42(57)33(4)26-35(6)47(58)48(46)59)39(53)27-37-20-22-41(56)45(28-37)65-9/h1,11-13,16-17,26,31,33-34,36-45,47-48,56-59,63H,14-15,18-25,27-30,53H2,2-9H3/b13-11+,16-12+,32-17+,35-26+,54-46-/t31-,33-,34-,36-,37+,38+,39-,40+,41-,42-,43+,44+,45-,47-,48+,52-/m1/s1. The number of nitrogens with two attached hydrogens (primary N) is 1. The van der Waals surface area contributed by atoms with Gasteiger partial charge in [-0.05, 0) is 101 Å². The van der Waals surface area contributed by atoms with Crippen LogP contribution in [-0.4, -0.2) is 148 Å². The van der Waals surface area contributed by atoms with Crippen LogP contribution >= 0.6 is 0 Å². The van der Waals surface area contributed by atoms with Crippen LogP contribution in [0.5, 0.6) is 0 Å². The number of methoxy groups -OCH3 is 2. The predicted molar refractivity (Wildman–Crippen MR) is 257 cm³/mol. The van der Waals surface area contributed by atoms with Crippen LogP contribution in [0.3, 0.4) is 0 Å². The number of allylic oxidation sites excluding steroid dienone is 5. The molecule has 0 aromatic rings. The molecule has 3 fully saturated rings. The van der Waals surface area contributed by atoms with E-state index in [9.17, 15) is 39.9 Å². The maximum Gasteiger partial charge on any atom is 0.329 e. The van der Waals surface area contributed by atoms with Gasteiger partial charge in [-0.25, -0.2) is 4.79 Å². The maximum atomic E-state index is 14.4. The van der Waals surface area contributed by atoms with Crippen molar-refractivity contribution in [2.75, 3.05) is 27.4 Å². The van der Waals surface area contributed by atoms with E-state index < -0.39 is 96.2 Å². The van der Waals surface area contributed by atoms with E-state index in [1.165, 1.54) is 0 Å². The molecule has 382 valence electrons. The van der Waals surface area contributed by atoms with Crippen LogP contribution in [0, 0.1) is 41.9 Å². The first kappa shape index (κ1) is 56.8. The van der Waals surface area contributed by atoms with E-state index in [2.05, 4.69) is 11.1 Å². The highest BCUT2D eigenvalue weighted by atomic mass is 16.6. The van der Waals surface area contributed by atoms with Gasteiger partial charge in [0.15, 0.2) is 6.61 Å². The average Bonchev–Trinajstić information content (AvgIpc) is 3.31. The number of cyclic esters (lactones) is 1. The molecule has 7 N–H and O–H groups in total. The number of carbonyl (C=O) groups excluding carboxylic acids is 3. The summed E-state index contributed by atoms with van der Waals surface area (Å²) in [6, 6.07) is -1.98. The Morgan fingerprint density at radius 1 is 0.897 bits per heavy atom. The largest absolute Gasteiger partial charge is 0.459 e. The van der Waals surface area contributed by atoms with Gasteiger partial charge < -0.3 is 60.0 Å². The number of fused-ring (bicyclic) bond motifs is 3. The number of rotatable bonds is 7. The third-order valence-corrected chi connectivity index (χ3v) is 14.5. The number of amides is 1. The lowest BCUT2D eigenvalue weighted by atomic mass is 9.80. The molecule has 2 bridgehead atoms. The van der Waals surface area contributed by atoms with Gasteiger partial charge in [-0.1, -0.05) is 75.2 Å². The number of nitrogens with zero attached hydrogens (tertiary/aromatic N) is 2. The van der Waals surface area contributed by atoms with Gasteiger partial charge in [0, 0.05) is 57.4 Å². The Hall–Kier alpha value is -3.76. The number of ether oxygens (including phenoxy) is 4. The zero-order valence-corrected chi connectivity index (χ0v) is 41.6. The van der Waals surface area contributed by atoms with Gasteiger partial charge in [-0.2, -0.15) is 0 Å². The van der Waals surface area contributed by atoms with Crippen molar-refractivity contribution in [3.05, 3.63) is 47.6 Å². The quantitative estimate of drug-likeness (QED) is 0.0517. The molecular formula is C52H81N3O13. The summed E-state index contributed by atoms with van der Waals surface area (Å²) >= 11 is 0. The summed E-state index contributed by atoms with van der Waals surface area (Å²) in [5.41, 5.74) is 8.30. The number of ketones is 1. The number of piperidine rings is 1. The molecule has 1 amide bonds. The highest BCUT2D eigenvalue weighted by Crippen LogP contribution is 2.37. The van der Waals surface area contributed by atoms with Crippen LogP contribution in [0.2, 0.25) is 0 Å². The summed E-state index contributed by atoms with van der Waals surface area (Å²) < 4.78 is 23.7. The molecule has 2 saturated heterocycles. The second-order valence-corrected chi connectivity index (χ2v) is 19.9. The molecular weight excluding hydrogens is 875 g/mol. The number of terminal acetylenes is 1. The molecule has 4 aliphatic rings. The minimum atomic E-state index is -2.45. The second kappa shape index (κ2) is 27.0. The van der Waals surface area contributed by atoms with E-state index in [0.717, 1.165) is 10.5 Å². The van der Waals surface area contributed by atoms with E-state index in [4.69, 9.17) is 35.9 Å². The summed E-state index contributed by atoms with van der Waals surface area (Å²) in [6.07, 6.45) is 14.3. The van der Waals surface area contributed by atoms with Crippen LogP contribution in [0.4, 0.5) is 0 Å². The van der Waals surface area contributed by atoms with Gasteiger partial charge in [-0.15, -0.1) is 6.42 Å². The van der Waals surface area contributed by atoms with E-state index in [1.807, 2.05) is 51.2 Å². The van der Waals surface area contributed by atoms with Crippen molar-refractivity contribution in [3.63, 3.8) is 0 Å². The SMILES string of the molecule is C#CCO/N=C1/[C@H](C)C[C@H](C)/C=C/C=C/C=C(\C)[C@@H](OC)C[C@@H]2CC[C@@H](C)[C@@](O)(O2)C(=O)C(=O)N2CCCC[C@H]2C(=O)O[C@H]([C@H](N)C[C@@H]2CC[C@@H](O)[C@H](OC)C2)C[C@@H](O)[C@H](C)/C=C(\C)[C@@H](O)[C@H]1O. The molecule has 0 unspecified atom stereocenters. The fourth-order valence-corrected chi connectivity index (χ4v) is 10.1. The Morgan fingerprint density at radius 3 is 2.32 bits per heavy atom. The Bertz CT molecular complexity index is 1860. The Balaban J connectivity index is 1.73. The van der Waals surface area contributed by atoms with Crippen molar-refractivity contribution < 1.29 is 63.7 Å². The lowest BCUT2D eigenvalue weighted by Gasteiger charge is -2.42. The number of Topliss-reactive ketones (excluding diaryl/α,β-unsaturated/α-hetero) is 1. The Labute approximate surface area is 404 Å². The first-order chi connectivity index (χ1) is 32.2. The summed E-state index contributed by atoms with van der Waals surface area (Å²) in [7, 11) is 3.11. The van der Waals surface area contributed by atoms with Gasteiger partial charge >= 0.3 is 5.97 Å². The molecule has 3 aliphatic heterocycles. The highest BCUT2D eigenvalue weighted by Gasteiger charge is 2.53. The van der Waals surface area contributed by atoms with Crippen molar-refractivity contribution in [1.82, 2.24) is 4.90 Å². The minimum Gasteiger partial charge on any atom is -0.459 e. The molecule has 0 aromatic heterocycles. The Kier molecular flexibility index (Phi) is 22.6. The van der Waals surface area contributed by atoms with E-state index in [1.54, 1.807) is 41.1 Å². The zero-order valence-electron chi connectivity index (χ0n) is 41.6. The highest BCUT2D eigenvalue weighted by molar-refractivity contribution is 6.39. The fraction of sp³-hybridized carbons (Fsp3) is 0.731. The summed E-state index contributed by atoms with van der Waals surface area (Å²) in [5, 5.41) is 61.5. The monoisotopic (exact) mass is 956 g/mol. The molecule has 0 spiro atoms. The molecule has 16 atom stereocenters. The number of aliphatic hydroxyl groups is 5. The molecule has 16 nitrogen and oxygen atoms in total. The normalized spacial score (nSPS) is 40.6. The number of aliphatic hydroxyl groups excluding tert-OH is 4. The van der Waals surface area contributed by atoms with E-state index in [0.29, 0.717) is 69.8 Å². The number of esters is 1. The van der Waals surface area contributed by atoms with Crippen LogP contribution in [0.1, 0.15) is 119 Å². The first-order valence-corrected chi connectivity index (χ1v) is 24.6.